The Bertz CT molecular complexity index is 476. The highest BCUT2D eigenvalue weighted by molar-refractivity contribution is 7.07. The van der Waals surface area contributed by atoms with Crippen LogP contribution in [-0.4, -0.2) is 0 Å². The van der Waals surface area contributed by atoms with Gasteiger partial charge in [0.2, 0.25) is 0 Å². The maximum atomic E-state index is 12.5. The Morgan fingerprint density at radius 2 is 1.88 bits per heavy atom. The van der Waals surface area contributed by atoms with E-state index in [0.717, 1.165) is 16.9 Å². The van der Waals surface area contributed by atoms with E-state index in [4.69, 9.17) is 4.74 Å². The zero-order valence-electron chi connectivity index (χ0n) is 8.62. The lowest BCUT2D eigenvalue weighted by Crippen LogP contribution is -2.06. The summed E-state index contributed by atoms with van der Waals surface area (Å²) in [7, 11) is 0. The van der Waals surface area contributed by atoms with Crippen LogP contribution in [0, 0.1) is 5.38 Å². The molecule has 0 fully saturated rings. The van der Waals surface area contributed by atoms with Gasteiger partial charge >= 0.3 is 6.18 Å². The fraction of sp³-hybridized carbons (Fsp3) is 0.167. The van der Waals surface area contributed by atoms with E-state index < -0.39 is 11.7 Å². The summed E-state index contributed by atoms with van der Waals surface area (Å²) in [5, 5.41) is 3.48. The van der Waals surface area contributed by atoms with Gasteiger partial charge < -0.3 is 4.74 Å². The molecule has 89 valence electrons. The monoisotopic (exact) mass is 257 g/mol. The van der Waals surface area contributed by atoms with Crippen LogP contribution in [0.4, 0.5) is 13.2 Å². The molecule has 1 heterocycles. The van der Waals surface area contributed by atoms with Gasteiger partial charge in [-0.25, -0.2) is 0 Å². The Kier molecular flexibility index (Phi) is 3.38. The fourth-order valence-electron chi connectivity index (χ4n) is 1.29. The minimum atomic E-state index is -4.41. The van der Waals surface area contributed by atoms with E-state index >= 15 is 0 Å². The summed E-state index contributed by atoms with van der Waals surface area (Å²) in [6, 6.07) is 9.04. The van der Waals surface area contributed by atoms with Gasteiger partial charge in [-0.2, -0.15) is 13.2 Å². The van der Waals surface area contributed by atoms with Crippen molar-refractivity contribution in [3.05, 3.63) is 52.2 Å². The Balaban J connectivity index is 2.08. The van der Waals surface area contributed by atoms with Crippen LogP contribution in [0.15, 0.2) is 35.7 Å². The van der Waals surface area contributed by atoms with E-state index in [2.05, 4.69) is 5.38 Å². The number of thiophene rings is 1. The first-order valence-corrected chi connectivity index (χ1v) is 5.68. The summed E-state index contributed by atoms with van der Waals surface area (Å²) in [5.41, 5.74) is -0.00902. The van der Waals surface area contributed by atoms with Gasteiger partial charge in [-0.1, -0.05) is 30.3 Å². The summed E-state index contributed by atoms with van der Waals surface area (Å²) in [6.45, 7) is 0.120. The van der Waals surface area contributed by atoms with Gasteiger partial charge in [0.15, 0.2) is 0 Å². The molecule has 1 aromatic carbocycles. The Morgan fingerprint density at radius 3 is 2.53 bits per heavy atom. The fourth-order valence-corrected chi connectivity index (χ4v) is 1.98. The molecule has 2 rings (SSSR count). The van der Waals surface area contributed by atoms with Crippen molar-refractivity contribution >= 4 is 11.3 Å². The van der Waals surface area contributed by atoms with Crippen LogP contribution < -0.4 is 4.74 Å². The van der Waals surface area contributed by atoms with Crippen LogP contribution in [0.25, 0.3) is 0 Å². The second kappa shape index (κ2) is 4.79. The van der Waals surface area contributed by atoms with Crippen LogP contribution in [0.1, 0.15) is 11.1 Å². The van der Waals surface area contributed by atoms with E-state index in [9.17, 15) is 13.2 Å². The smallest absolute Gasteiger partial charge is 0.421 e. The molecule has 0 aliphatic carbocycles. The van der Waals surface area contributed by atoms with E-state index in [-0.39, 0.29) is 12.4 Å². The maximum Gasteiger partial charge on any atom is 0.421 e. The van der Waals surface area contributed by atoms with Gasteiger partial charge in [-0.05, 0) is 5.56 Å². The zero-order chi connectivity index (χ0) is 12.3. The molecule has 0 amide bonds. The van der Waals surface area contributed by atoms with Crippen LogP contribution >= 0.6 is 11.3 Å². The Hall–Kier alpha value is -1.49. The first kappa shape index (κ1) is 12.0. The van der Waals surface area contributed by atoms with Crippen molar-refractivity contribution in [1.82, 2.24) is 0 Å². The van der Waals surface area contributed by atoms with E-state index in [1.807, 2.05) is 18.2 Å². The maximum absolute atomic E-state index is 12.5. The largest absolute Gasteiger partial charge is 0.487 e. The predicted octanol–water partition coefficient (Wildman–Crippen LogP) is 4.15. The molecule has 0 atom stereocenters. The van der Waals surface area contributed by atoms with Crippen molar-refractivity contribution in [2.75, 3.05) is 0 Å². The van der Waals surface area contributed by atoms with Crippen molar-refractivity contribution in [2.24, 2.45) is 0 Å². The summed E-state index contributed by atoms with van der Waals surface area (Å²) in [4.78, 5) is 0. The van der Waals surface area contributed by atoms with Crippen LogP contribution in [0.3, 0.4) is 0 Å². The van der Waals surface area contributed by atoms with Crippen molar-refractivity contribution in [2.45, 2.75) is 12.8 Å². The summed E-state index contributed by atoms with van der Waals surface area (Å²) in [5.74, 6) is -0.161. The topological polar surface area (TPSA) is 9.23 Å². The molecule has 0 spiro atoms. The van der Waals surface area contributed by atoms with Gasteiger partial charge in [0.1, 0.15) is 17.9 Å². The minimum Gasteiger partial charge on any atom is -0.487 e. The third-order valence-electron chi connectivity index (χ3n) is 2.09. The van der Waals surface area contributed by atoms with Gasteiger partial charge in [-0.15, -0.1) is 11.3 Å². The molecular formula is C12H8F3OS. The van der Waals surface area contributed by atoms with Gasteiger partial charge in [0, 0.05) is 5.38 Å². The van der Waals surface area contributed by atoms with E-state index in [1.165, 1.54) is 5.38 Å². The van der Waals surface area contributed by atoms with Crippen LogP contribution in [-0.2, 0) is 12.8 Å². The molecule has 0 aliphatic heterocycles. The van der Waals surface area contributed by atoms with Crippen molar-refractivity contribution < 1.29 is 17.9 Å². The molecule has 17 heavy (non-hydrogen) atoms. The molecule has 0 unspecified atom stereocenters. The van der Waals surface area contributed by atoms with Crippen LogP contribution in [0.2, 0.25) is 0 Å². The molecule has 1 radical (unpaired) electrons. The van der Waals surface area contributed by atoms with Gasteiger partial charge in [0.05, 0.1) is 5.38 Å². The lowest BCUT2D eigenvalue weighted by Gasteiger charge is -2.09. The molecule has 1 nitrogen and oxygen atoms in total. The lowest BCUT2D eigenvalue weighted by atomic mass is 10.2. The number of benzene rings is 1. The molecule has 2 aromatic rings. The average molecular weight is 257 g/mol. The number of hydrogen-bond donors (Lipinski definition) is 0. The molecule has 5 heteroatoms. The highest BCUT2D eigenvalue weighted by Gasteiger charge is 2.35. The molecular weight excluding hydrogens is 249 g/mol. The molecule has 0 saturated carbocycles. The Morgan fingerprint density at radius 1 is 1.18 bits per heavy atom. The van der Waals surface area contributed by atoms with Gasteiger partial charge in [-0.3, -0.25) is 0 Å². The summed E-state index contributed by atoms with van der Waals surface area (Å²) >= 11 is 0.858. The van der Waals surface area contributed by atoms with Crippen molar-refractivity contribution in [3.8, 4) is 5.75 Å². The quantitative estimate of drug-likeness (QED) is 0.802. The minimum absolute atomic E-state index is 0.120. The highest BCUT2D eigenvalue weighted by Crippen LogP contribution is 2.38. The lowest BCUT2D eigenvalue weighted by molar-refractivity contribution is -0.138. The summed E-state index contributed by atoms with van der Waals surface area (Å²) < 4.78 is 42.7. The van der Waals surface area contributed by atoms with Crippen molar-refractivity contribution in [1.29, 1.82) is 0 Å². The van der Waals surface area contributed by atoms with Crippen LogP contribution in [0.5, 0.6) is 5.75 Å². The number of alkyl halides is 3. The molecule has 0 aliphatic rings. The third kappa shape index (κ3) is 3.00. The molecule has 0 N–H and O–H groups in total. The second-order valence-electron chi connectivity index (χ2n) is 3.35. The number of hydrogen-bond acceptors (Lipinski definition) is 2. The Labute approximate surface area is 100 Å². The predicted molar refractivity (Wildman–Crippen MR) is 58.9 cm³/mol. The average Bonchev–Trinajstić information content (AvgIpc) is 2.75. The normalized spacial score (nSPS) is 11.5. The first-order chi connectivity index (χ1) is 8.07. The standard InChI is InChI=1S/C12H8F3OS/c13-12(14,15)10-7-17-8-11(10)16-6-9-4-2-1-3-5-9/h1-5,8H,6H2. The first-order valence-electron chi connectivity index (χ1n) is 4.80. The second-order valence-corrected chi connectivity index (χ2v) is 4.02. The van der Waals surface area contributed by atoms with E-state index in [0.29, 0.717) is 0 Å². The SMILES string of the molecule is FC(F)(F)c1[c]scc1OCc1ccccc1. The molecule has 0 bridgehead atoms. The number of rotatable bonds is 3. The van der Waals surface area contributed by atoms with Crippen molar-refractivity contribution in [3.63, 3.8) is 0 Å². The molecule has 0 saturated heterocycles. The molecule has 1 aromatic heterocycles. The number of halogens is 3. The summed E-state index contributed by atoms with van der Waals surface area (Å²) in [6.07, 6.45) is -4.41. The third-order valence-corrected chi connectivity index (χ3v) is 2.75. The number of ether oxygens (including phenoxy) is 1. The highest BCUT2D eigenvalue weighted by atomic mass is 32.1. The van der Waals surface area contributed by atoms with Gasteiger partial charge in [0.25, 0.3) is 0 Å². The zero-order valence-corrected chi connectivity index (χ0v) is 9.44. The van der Waals surface area contributed by atoms with E-state index in [1.54, 1.807) is 12.1 Å².